The van der Waals surface area contributed by atoms with Crippen molar-refractivity contribution in [2.45, 2.75) is 34.3 Å². The van der Waals surface area contributed by atoms with Gasteiger partial charge < -0.3 is 9.84 Å². The summed E-state index contributed by atoms with van der Waals surface area (Å²) in [6.07, 6.45) is 0. The number of aromatic nitrogens is 1. The SMILES string of the molecule is Cc1ccc(O)c(COC(=O)C(C)(C)C)n1. The minimum absolute atomic E-state index is 0.00359. The van der Waals surface area contributed by atoms with Crippen molar-refractivity contribution in [1.82, 2.24) is 4.98 Å². The minimum atomic E-state index is -0.542. The third kappa shape index (κ3) is 3.22. The predicted molar refractivity (Wildman–Crippen MR) is 59.9 cm³/mol. The number of rotatable bonds is 2. The van der Waals surface area contributed by atoms with Crippen molar-refractivity contribution >= 4 is 5.97 Å². The first-order valence-electron chi connectivity index (χ1n) is 5.13. The first-order valence-corrected chi connectivity index (χ1v) is 5.13. The van der Waals surface area contributed by atoms with Crippen molar-refractivity contribution in [2.24, 2.45) is 5.41 Å². The highest BCUT2D eigenvalue weighted by Gasteiger charge is 2.23. The van der Waals surface area contributed by atoms with Gasteiger partial charge in [-0.25, -0.2) is 0 Å². The molecular formula is C12H17NO3. The average Bonchev–Trinajstić information content (AvgIpc) is 2.17. The van der Waals surface area contributed by atoms with E-state index in [1.165, 1.54) is 0 Å². The molecule has 88 valence electrons. The van der Waals surface area contributed by atoms with Crippen LogP contribution in [0.1, 0.15) is 32.2 Å². The predicted octanol–water partition coefficient (Wildman–Crippen LogP) is 2.18. The van der Waals surface area contributed by atoms with Gasteiger partial charge in [-0.05, 0) is 39.8 Å². The third-order valence-corrected chi connectivity index (χ3v) is 2.04. The quantitative estimate of drug-likeness (QED) is 0.781. The smallest absolute Gasteiger partial charge is 0.311 e. The summed E-state index contributed by atoms with van der Waals surface area (Å²) in [5, 5.41) is 9.50. The lowest BCUT2D eigenvalue weighted by Crippen LogP contribution is -2.22. The van der Waals surface area contributed by atoms with Crippen LogP contribution in [0.4, 0.5) is 0 Å². The van der Waals surface area contributed by atoms with Gasteiger partial charge in [-0.15, -0.1) is 0 Å². The normalized spacial score (nSPS) is 11.2. The van der Waals surface area contributed by atoms with Crippen molar-refractivity contribution in [3.8, 4) is 5.75 Å². The largest absolute Gasteiger partial charge is 0.506 e. The Bertz CT molecular complexity index is 394. The van der Waals surface area contributed by atoms with Gasteiger partial charge in [0, 0.05) is 5.69 Å². The van der Waals surface area contributed by atoms with E-state index in [4.69, 9.17) is 4.74 Å². The fraction of sp³-hybridized carbons (Fsp3) is 0.500. The van der Waals surface area contributed by atoms with Gasteiger partial charge in [0.1, 0.15) is 18.1 Å². The summed E-state index contributed by atoms with van der Waals surface area (Å²) in [6.45, 7) is 7.15. The summed E-state index contributed by atoms with van der Waals surface area (Å²) in [4.78, 5) is 15.6. The summed E-state index contributed by atoms with van der Waals surface area (Å²) >= 11 is 0. The van der Waals surface area contributed by atoms with Gasteiger partial charge in [-0.2, -0.15) is 0 Å². The van der Waals surface area contributed by atoms with Crippen LogP contribution < -0.4 is 0 Å². The number of esters is 1. The zero-order chi connectivity index (χ0) is 12.3. The number of aryl methyl sites for hydroxylation is 1. The monoisotopic (exact) mass is 223 g/mol. The Labute approximate surface area is 95.3 Å². The lowest BCUT2D eigenvalue weighted by molar-refractivity contribution is -0.154. The molecule has 0 saturated carbocycles. The summed E-state index contributed by atoms with van der Waals surface area (Å²) < 4.78 is 5.07. The van der Waals surface area contributed by atoms with Gasteiger partial charge in [0.05, 0.1) is 5.41 Å². The number of nitrogens with zero attached hydrogens (tertiary/aromatic N) is 1. The molecule has 16 heavy (non-hydrogen) atoms. The molecule has 0 unspecified atom stereocenters. The second-order valence-electron chi connectivity index (χ2n) is 4.74. The summed E-state index contributed by atoms with van der Waals surface area (Å²) in [7, 11) is 0. The van der Waals surface area contributed by atoms with Crippen molar-refractivity contribution in [3.05, 3.63) is 23.5 Å². The molecule has 0 saturated heterocycles. The van der Waals surface area contributed by atoms with Crippen LogP contribution in [-0.4, -0.2) is 16.1 Å². The van der Waals surface area contributed by atoms with Crippen LogP contribution in [0, 0.1) is 12.3 Å². The maximum absolute atomic E-state index is 11.5. The molecular weight excluding hydrogens is 206 g/mol. The molecule has 0 bridgehead atoms. The Hall–Kier alpha value is -1.58. The molecule has 0 spiro atoms. The van der Waals surface area contributed by atoms with Gasteiger partial charge in [0.15, 0.2) is 0 Å². The van der Waals surface area contributed by atoms with Crippen LogP contribution in [-0.2, 0) is 16.1 Å². The topological polar surface area (TPSA) is 59.4 Å². The number of carbonyl (C=O) groups excluding carboxylic acids is 1. The molecule has 0 aliphatic carbocycles. The van der Waals surface area contributed by atoms with E-state index in [-0.39, 0.29) is 18.3 Å². The van der Waals surface area contributed by atoms with Crippen LogP contribution >= 0.6 is 0 Å². The summed E-state index contributed by atoms with van der Waals surface area (Å²) in [5.41, 5.74) is 0.622. The average molecular weight is 223 g/mol. The van der Waals surface area contributed by atoms with E-state index in [0.29, 0.717) is 5.69 Å². The third-order valence-electron chi connectivity index (χ3n) is 2.04. The molecule has 4 nitrogen and oxygen atoms in total. The molecule has 0 amide bonds. The van der Waals surface area contributed by atoms with E-state index >= 15 is 0 Å². The minimum Gasteiger partial charge on any atom is -0.506 e. The molecule has 1 rings (SSSR count). The van der Waals surface area contributed by atoms with Crippen LogP contribution in [0.3, 0.4) is 0 Å². The van der Waals surface area contributed by atoms with E-state index in [1.807, 2.05) is 6.92 Å². The second-order valence-corrected chi connectivity index (χ2v) is 4.74. The molecule has 1 heterocycles. The Kier molecular flexibility index (Phi) is 3.52. The Morgan fingerprint density at radius 2 is 2.06 bits per heavy atom. The summed E-state index contributed by atoms with van der Waals surface area (Å²) in [6, 6.07) is 3.24. The van der Waals surface area contributed by atoms with E-state index in [1.54, 1.807) is 32.9 Å². The van der Waals surface area contributed by atoms with Gasteiger partial charge in [0.2, 0.25) is 0 Å². The molecule has 0 aliphatic heterocycles. The van der Waals surface area contributed by atoms with Gasteiger partial charge >= 0.3 is 5.97 Å². The van der Waals surface area contributed by atoms with Crippen molar-refractivity contribution in [2.75, 3.05) is 0 Å². The van der Waals surface area contributed by atoms with Crippen LogP contribution in [0.25, 0.3) is 0 Å². The number of carbonyl (C=O) groups is 1. The first kappa shape index (κ1) is 12.5. The molecule has 0 fully saturated rings. The van der Waals surface area contributed by atoms with Crippen LogP contribution in [0.15, 0.2) is 12.1 Å². The number of ether oxygens (including phenoxy) is 1. The highest BCUT2D eigenvalue weighted by atomic mass is 16.5. The van der Waals surface area contributed by atoms with E-state index in [9.17, 15) is 9.90 Å². The molecule has 0 atom stereocenters. The Morgan fingerprint density at radius 3 is 2.62 bits per heavy atom. The lowest BCUT2D eigenvalue weighted by Gasteiger charge is -2.16. The van der Waals surface area contributed by atoms with Crippen LogP contribution in [0.2, 0.25) is 0 Å². The van der Waals surface area contributed by atoms with E-state index in [2.05, 4.69) is 4.98 Å². The molecule has 0 aromatic carbocycles. The highest BCUT2D eigenvalue weighted by molar-refractivity contribution is 5.75. The van der Waals surface area contributed by atoms with Crippen molar-refractivity contribution in [1.29, 1.82) is 0 Å². The van der Waals surface area contributed by atoms with Gasteiger partial charge in [-0.1, -0.05) is 0 Å². The summed E-state index contributed by atoms with van der Waals surface area (Å²) in [5.74, 6) is -0.262. The molecule has 1 aromatic rings. The van der Waals surface area contributed by atoms with Crippen molar-refractivity contribution < 1.29 is 14.6 Å². The number of hydrogen-bond donors (Lipinski definition) is 1. The molecule has 0 aliphatic rings. The second kappa shape index (κ2) is 4.51. The Balaban J connectivity index is 2.68. The fourth-order valence-corrected chi connectivity index (χ4v) is 1.06. The molecule has 4 heteroatoms. The maximum Gasteiger partial charge on any atom is 0.311 e. The zero-order valence-corrected chi connectivity index (χ0v) is 10.1. The molecule has 1 N–H and O–H groups in total. The number of aromatic hydroxyl groups is 1. The van der Waals surface area contributed by atoms with Gasteiger partial charge in [0.25, 0.3) is 0 Å². The van der Waals surface area contributed by atoms with E-state index in [0.717, 1.165) is 5.69 Å². The van der Waals surface area contributed by atoms with Gasteiger partial charge in [-0.3, -0.25) is 9.78 Å². The maximum atomic E-state index is 11.5. The standard InChI is InChI=1S/C12H17NO3/c1-8-5-6-10(14)9(13-8)7-16-11(15)12(2,3)4/h5-6,14H,7H2,1-4H3. The lowest BCUT2D eigenvalue weighted by atomic mass is 9.97. The number of pyridine rings is 1. The van der Waals surface area contributed by atoms with Crippen LogP contribution in [0.5, 0.6) is 5.75 Å². The number of hydrogen-bond acceptors (Lipinski definition) is 4. The molecule has 1 aromatic heterocycles. The highest BCUT2D eigenvalue weighted by Crippen LogP contribution is 2.19. The zero-order valence-electron chi connectivity index (χ0n) is 10.1. The van der Waals surface area contributed by atoms with Crippen molar-refractivity contribution in [3.63, 3.8) is 0 Å². The first-order chi connectivity index (χ1) is 7.30. The van der Waals surface area contributed by atoms with E-state index < -0.39 is 5.41 Å². The fourth-order valence-electron chi connectivity index (χ4n) is 1.06. The molecule has 0 radical (unpaired) electrons. The Morgan fingerprint density at radius 1 is 1.44 bits per heavy atom.